The van der Waals surface area contributed by atoms with E-state index in [1.807, 2.05) is 6.92 Å². The van der Waals surface area contributed by atoms with Crippen molar-refractivity contribution in [1.82, 2.24) is 0 Å². The van der Waals surface area contributed by atoms with Crippen molar-refractivity contribution in [2.45, 2.75) is 13.3 Å². The minimum atomic E-state index is -0.405. The Balaban J connectivity index is 2.07. The zero-order valence-corrected chi connectivity index (χ0v) is 9.01. The highest BCUT2D eigenvalue weighted by molar-refractivity contribution is 6.33. The predicted molar refractivity (Wildman–Crippen MR) is 57.3 cm³/mol. The molecule has 0 aromatic heterocycles. The third-order valence-electron chi connectivity index (χ3n) is 2.64. The van der Waals surface area contributed by atoms with Gasteiger partial charge in [-0.1, -0.05) is 18.5 Å². The first-order valence-corrected chi connectivity index (χ1v) is 5.21. The first-order chi connectivity index (χ1) is 7.08. The first kappa shape index (κ1) is 10.4. The Hall–Kier alpha value is -1.09. The maximum absolute atomic E-state index is 12.7. The average molecular weight is 228 g/mol. The molecule has 0 bridgehead atoms. The molecule has 1 aromatic carbocycles. The number of anilines is 1. The van der Waals surface area contributed by atoms with Gasteiger partial charge in [0.15, 0.2) is 0 Å². The van der Waals surface area contributed by atoms with Gasteiger partial charge in [-0.2, -0.15) is 0 Å². The van der Waals surface area contributed by atoms with Crippen molar-refractivity contribution in [2.24, 2.45) is 11.8 Å². The van der Waals surface area contributed by atoms with Crippen LogP contribution in [-0.2, 0) is 4.79 Å². The standard InChI is InChI=1S/C11H11ClFNO/c1-6-4-8(6)11(15)14-10-3-2-7(13)5-9(10)12/h2-3,5-6,8H,4H2,1H3,(H,14,15). The van der Waals surface area contributed by atoms with Crippen molar-refractivity contribution in [3.05, 3.63) is 29.0 Å². The van der Waals surface area contributed by atoms with Gasteiger partial charge in [0.2, 0.25) is 5.91 Å². The number of hydrogen-bond donors (Lipinski definition) is 1. The van der Waals surface area contributed by atoms with Gasteiger partial charge in [0.05, 0.1) is 10.7 Å². The summed E-state index contributed by atoms with van der Waals surface area (Å²) >= 11 is 5.78. The summed E-state index contributed by atoms with van der Waals surface area (Å²) in [4.78, 5) is 11.6. The number of benzene rings is 1. The summed E-state index contributed by atoms with van der Waals surface area (Å²) in [6, 6.07) is 3.94. The van der Waals surface area contributed by atoms with E-state index in [1.165, 1.54) is 18.2 Å². The summed E-state index contributed by atoms with van der Waals surface area (Å²) in [7, 11) is 0. The third-order valence-corrected chi connectivity index (χ3v) is 2.95. The molecule has 2 unspecified atom stereocenters. The molecule has 1 aromatic rings. The van der Waals surface area contributed by atoms with Gasteiger partial charge in [0, 0.05) is 5.92 Å². The Morgan fingerprint density at radius 3 is 2.80 bits per heavy atom. The van der Waals surface area contributed by atoms with Crippen molar-refractivity contribution in [3.63, 3.8) is 0 Å². The van der Waals surface area contributed by atoms with Gasteiger partial charge < -0.3 is 5.32 Å². The molecule has 1 N–H and O–H groups in total. The zero-order valence-electron chi connectivity index (χ0n) is 8.26. The van der Waals surface area contributed by atoms with Gasteiger partial charge in [-0.15, -0.1) is 0 Å². The molecule has 2 rings (SSSR count). The number of carbonyl (C=O) groups excluding carboxylic acids is 1. The lowest BCUT2D eigenvalue weighted by molar-refractivity contribution is -0.117. The summed E-state index contributed by atoms with van der Waals surface area (Å²) in [5, 5.41) is 2.93. The van der Waals surface area contributed by atoms with Crippen LogP contribution in [0.15, 0.2) is 18.2 Å². The number of hydrogen-bond acceptors (Lipinski definition) is 1. The molecule has 80 valence electrons. The van der Waals surface area contributed by atoms with Gasteiger partial charge in [0.25, 0.3) is 0 Å². The minimum Gasteiger partial charge on any atom is -0.325 e. The summed E-state index contributed by atoms with van der Waals surface area (Å²) in [6.07, 6.45) is 0.921. The highest BCUT2D eigenvalue weighted by Crippen LogP contribution is 2.38. The molecule has 4 heteroatoms. The van der Waals surface area contributed by atoms with Crippen molar-refractivity contribution in [1.29, 1.82) is 0 Å². The lowest BCUT2D eigenvalue weighted by Gasteiger charge is -2.06. The van der Waals surface area contributed by atoms with E-state index < -0.39 is 5.82 Å². The van der Waals surface area contributed by atoms with Crippen molar-refractivity contribution in [3.8, 4) is 0 Å². The van der Waals surface area contributed by atoms with E-state index in [0.717, 1.165) is 6.42 Å². The molecule has 15 heavy (non-hydrogen) atoms. The van der Waals surface area contributed by atoms with E-state index in [1.54, 1.807) is 0 Å². The Labute approximate surface area is 92.4 Å². The molecule has 1 amide bonds. The topological polar surface area (TPSA) is 29.1 Å². The van der Waals surface area contributed by atoms with E-state index in [0.29, 0.717) is 11.6 Å². The molecule has 0 spiro atoms. The summed E-state index contributed by atoms with van der Waals surface area (Å²) in [5.74, 6) is 0.101. The molecule has 0 heterocycles. The predicted octanol–water partition coefficient (Wildman–Crippen LogP) is 3.07. The zero-order chi connectivity index (χ0) is 11.0. The Bertz CT molecular complexity index is 408. The fraction of sp³-hybridized carbons (Fsp3) is 0.364. The summed E-state index contributed by atoms with van der Waals surface area (Å²) in [6.45, 7) is 2.02. The fourth-order valence-corrected chi connectivity index (χ4v) is 1.72. The largest absolute Gasteiger partial charge is 0.325 e. The number of amides is 1. The van der Waals surface area contributed by atoms with Crippen LogP contribution in [0.2, 0.25) is 5.02 Å². The molecule has 0 saturated heterocycles. The maximum atomic E-state index is 12.7. The monoisotopic (exact) mass is 227 g/mol. The average Bonchev–Trinajstić information content (AvgIpc) is 2.88. The highest BCUT2D eigenvalue weighted by atomic mass is 35.5. The molecule has 0 aliphatic heterocycles. The second-order valence-corrected chi connectivity index (χ2v) is 4.34. The molecule has 1 aliphatic carbocycles. The second-order valence-electron chi connectivity index (χ2n) is 3.93. The molecule has 1 saturated carbocycles. The Morgan fingerprint density at radius 1 is 1.60 bits per heavy atom. The molecule has 1 fully saturated rings. The van der Waals surface area contributed by atoms with Crippen LogP contribution in [0.1, 0.15) is 13.3 Å². The fourth-order valence-electron chi connectivity index (χ4n) is 1.50. The van der Waals surface area contributed by atoms with Crippen molar-refractivity contribution >= 4 is 23.2 Å². The van der Waals surface area contributed by atoms with Crippen LogP contribution in [0.5, 0.6) is 0 Å². The lowest BCUT2D eigenvalue weighted by Crippen LogP contribution is -2.14. The van der Waals surface area contributed by atoms with Gasteiger partial charge in [-0.3, -0.25) is 4.79 Å². The molecule has 1 aliphatic rings. The normalized spacial score (nSPS) is 23.7. The van der Waals surface area contributed by atoms with Crippen LogP contribution in [0.3, 0.4) is 0 Å². The van der Waals surface area contributed by atoms with E-state index in [4.69, 9.17) is 11.6 Å². The van der Waals surface area contributed by atoms with E-state index in [-0.39, 0.29) is 16.8 Å². The number of nitrogens with one attached hydrogen (secondary N) is 1. The van der Waals surface area contributed by atoms with E-state index in [9.17, 15) is 9.18 Å². The molecule has 2 atom stereocenters. The third kappa shape index (κ3) is 2.29. The molecular formula is C11H11ClFNO. The van der Waals surface area contributed by atoms with Crippen LogP contribution in [0.4, 0.5) is 10.1 Å². The van der Waals surface area contributed by atoms with Crippen LogP contribution in [0.25, 0.3) is 0 Å². The molecule has 0 radical (unpaired) electrons. The van der Waals surface area contributed by atoms with Gasteiger partial charge in [-0.25, -0.2) is 4.39 Å². The maximum Gasteiger partial charge on any atom is 0.227 e. The van der Waals surface area contributed by atoms with Crippen molar-refractivity contribution < 1.29 is 9.18 Å². The SMILES string of the molecule is CC1CC1C(=O)Nc1ccc(F)cc1Cl. The van der Waals surface area contributed by atoms with Gasteiger partial charge in [-0.05, 0) is 30.5 Å². The van der Waals surface area contributed by atoms with E-state index in [2.05, 4.69) is 5.32 Å². The van der Waals surface area contributed by atoms with Crippen LogP contribution < -0.4 is 5.32 Å². The van der Waals surface area contributed by atoms with Crippen LogP contribution >= 0.6 is 11.6 Å². The van der Waals surface area contributed by atoms with Gasteiger partial charge >= 0.3 is 0 Å². The lowest BCUT2D eigenvalue weighted by atomic mass is 10.2. The smallest absolute Gasteiger partial charge is 0.227 e. The number of halogens is 2. The van der Waals surface area contributed by atoms with Crippen LogP contribution in [0, 0.1) is 17.7 Å². The highest BCUT2D eigenvalue weighted by Gasteiger charge is 2.39. The molecule has 2 nitrogen and oxygen atoms in total. The van der Waals surface area contributed by atoms with Crippen molar-refractivity contribution in [2.75, 3.05) is 5.32 Å². The quantitative estimate of drug-likeness (QED) is 0.827. The van der Waals surface area contributed by atoms with Crippen LogP contribution in [-0.4, -0.2) is 5.91 Å². The minimum absolute atomic E-state index is 0.0315. The number of rotatable bonds is 2. The first-order valence-electron chi connectivity index (χ1n) is 4.84. The summed E-state index contributed by atoms with van der Waals surface area (Å²) < 4.78 is 12.7. The van der Waals surface area contributed by atoms with Gasteiger partial charge in [0.1, 0.15) is 5.82 Å². The molecular weight excluding hydrogens is 217 g/mol. The Morgan fingerprint density at radius 2 is 2.27 bits per heavy atom. The Kier molecular flexibility index (Phi) is 2.65. The summed E-state index contributed by atoms with van der Waals surface area (Å²) in [5.41, 5.74) is 0.474. The number of carbonyl (C=O) groups is 1. The van der Waals surface area contributed by atoms with E-state index >= 15 is 0 Å². The second kappa shape index (κ2) is 3.81.